The molecular formula is C15H20N2O4. The molecule has 0 radical (unpaired) electrons. The Hall–Kier alpha value is -2.08. The monoisotopic (exact) mass is 292 g/mol. The predicted molar refractivity (Wildman–Crippen MR) is 78.6 cm³/mol. The van der Waals surface area contributed by atoms with E-state index in [1.54, 1.807) is 31.4 Å². The number of aliphatic carboxylic acids is 1. The summed E-state index contributed by atoms with van der Waals surface area (Å²) in [6.07, 6.45) is 1.48. The van der Waals surface area contributed by atoms with Gasteiger partial charge in [-0.15, -0.1) is 0 Å². The zero-order chi connectivity index (χ0) is 15.2. The second kappa shape index (κ2) is 7.08. The molecular weight excluding hydrogens is 272 g/mol. The fourth-order valence-electron chi connectivity index (χ4n) is 2.48. The van der Waals surface area contributed by atoms with Crippen molar-refractivity contribution < 1.29 is 19.4 Å². The molecule has 1 heterocycles. The number of hydrogen-bond acceptors (Lipinski definition) is 4. The Balaban J connectivity index is 2.19. The molecule has 21 heavy (non-hydrogen) atoms. The van der Waals surface area contributed by atoms with Gasteiger partial charge in [-0.1, -0.05) is 0 Å². The van der Waals surface area contributed by atoms with E-state index >= 15 is 0 Å². The maximum absolute atomic E-state index is 12.6. The third-order valence-electron chi connectivity index (χ3n) is 3.63. The van der Waals surface area contributed by atoms with E-state index in [0.717, 1.165) is 25.9 Å². The topological polar surface area (TPSA) is 78.9 Å². The highest BCUT2D eigenvalue weighted by atomic mass is 16.5. The number of benzene rings is 1. The fraction of sp³-hybridized carbons (Fsp3) is 0.467. The summed E-state index contributed by atoms with van der Waals surface area (Å²) in [6.45, 7) is 1.26. The fourth-order valence-corrected chi connectivity index (χ4v) is 2.48. The van der Waals surface area contributed by atoms with Crippen molar-refractivity contribution in [2.24, 2.45) is 5.92 Å². The van der Waals surface area contributed by atoms with Gasteiger partial charge in [0, 0.05) is 11.6 Å². The molecule has 1 aromatic rings. The van der Waals surface area contributed by atoms with Gasteiger partial charge in [-0.3, -0.25) is 9.59 Å². The molecule has 1 aliphatic rings. The normalized spacial score (nSPS) is 15.5. The van der Waals surface area contributed by atoms with Crippen LogP contribution in [0.4, 0.5) is 5.69 Å². The van der Waals surface area contributed by atoms with Crippen LogP contribution in [-0.2, 0) is 9.59 Å². The van der Waals surface area contributed by atoms with Crippen LogP contribution in [0.2, 0.25) is 0 Å². The summed E-state index contributed by atoms with van der Waals surface area (Å²) < 4.78 is 5.08. The van der Waals surface area contributed by atoms with Crippen LogP contribution in [0.1, 0.15) is 12.8 Å². The van der Waals surface area contributed by atoms with Gasteiger partial charge in [0.25, 0.3) is 0 Å². The van der Waals surface area contributed by atoms with Crippen LogP contribution in [0.25, 0.3) is 0 Å². The number of piperidine rings is 1. The van der Waals surface area contributed by atoms with E-state index in [1.807, 2.05) is 0 Å². The van der Waals surface area contributed by atoms with E-state index in [1.165, 1.54) is 4.90 Å². The summed E-state index contributed by atoms with van der Waals surface area (Å²) in [4.78, 5) is 25.0. The van der Waals surface area contributed by atoms with Crippen LogP contribution in [0.5, 0.6) is 5.75 Å². The molecule has 6 heteroatoms. The number of rotatable bonds is 5. The summed E-state index contributed by atoms with van der Waals surface area (Å²) in [5.41, 5.74) is 0.585. The lowest BCUT2D eigenvalue weighted by Crippen LogP contribution is -2.43. The second-order valence-electron chi connectivity index (χ2n) is 5.04. The Bertz CT molecular complexity index is 495. The first kappa shape index (κ1) is 15.3. The molecule has 1 aromatic carbocycles. The number of anilines is 1. The van der Waals surface area contributed by atoms with Gasteiger partial charge >= 0.3 is 5.97 Å². The first-order valence-corrected chi connectivity index (χ1v) is 6.99. The molecule has 1 fully saturated rings. The van der Waals surface area contributed by atoms with Crippen molar-refractivity contribution in [3.05, 3.63) is 24.3 Å². The van der Waals surface area contributed by atoms with Gasteiger partial charge in [-0.2, -0.15) is 0 Å². The van der Waals surface area contributed by atoms with Crippen molar-refractivity contribution in [3.8, 4) is 5.75 Å². The zero-order valence-corrected chi connectivity index (χ0v) is 12.0. The largest absolute Gasteiger partial charge is 0.497 e. The van der Waals surface area contributed by atoms with Crippen molar-refractivity contribution >= 4 is 17.6 Å². The number of nitrogens with one attached hydrogen (secondary N) is 1. The number of nitrogens with zero attached hydrogens (tertiary/aromatic N) is 1. The first-order chi connectivity index (χ1) is 10.1. The molecule has 0 bridgehead atoms. The van der Waals surface area contributed by atoms with Gasteiger partial charge in [0.2, 0.25) is 5.91 Å². The molecule has 0 aliphatic carbocycles. The van der Waals surface area contributed by atoms with Gasteiger partial charge in [0.05, 0.1) is 7.11 Å². The van der Waals surface area contributed by atoms with E-state index in [0.29, 0.717) is 11.4 Å². The van der Waals surface area contributed by atoms with Crippen LogP contribution < -0.4 is 15.0 Å². The van der Waals surface area contributed by atoms with Crippen LogP contribution in [0, 0.1) is 5.92 Å². The average Bonchev–Trinajstić information content (AvgIpc) is 2.53. The molecule has 0 aromatic heterocycles. The highest BCUT2D eigenvalue weighted by molar-refractivity contribution is 5.98. The number of carboxylic acid groups (broad SMARTS) is 1. The quantitative estimate of drug-likeness (QED) is 0.850. The Labute approximate surface area is 123 Å². The SMILES string of the molecule is COc1ccc(N(CC(=O)O)C(=O)C2CCNCC2)cc1. The number of hydrogen-bond donors (Lipinski definition) is 2. The first-order valence-electron chi connectivity index (χ1n) is 6.99. The lowest BCUT2D eigenvalue weighted by molar-refractivity contribution is -0.137. The molecule has 1 saturated heterocycles. The molecule has 0 atom stereocenters. The third-order valence-corrected chi connectivity index (χ3v) is 3.63. The summed E-state index contributed by atoms with van der Waals surface area (Å²) >= 11 is 0. The smallest absolute Gasteiger partial charge is 0.323 e. The summed E-state index contributed by atoms with van der Waals surface area (Å²) in [6, 6.07) is 6.86. The number of carbonyl (C=O) groups excluding carboxylic acids is 1. The van der Waals surface area contributed by atoms with Crippen LogP contribution in [-0.4, -0.2) is 43.7 Å². The van der Waals surface area contributed by atoms with E-state index in [9.17, 15) is 9.59 Å². The Morgan fingerprint density at radius 1 is 1.29 bits per heavy atom. The van der Waals surface area contributed by atoms with Gasteiger partial charge in [0.15, 0.2) is 0 Å². The third kappa shape index (κ3) is 3.95. The Kier molecular flexibility index (Phi) is 5.16. The molecule has 114 valence electrons. The van der Waals surface area contributed by atoms with Gasteiger partial charge in [0.1, 0.15) is 12.3 Å². The van der Waals surface area contributed by atoms with Crippen molar-refractivity contribution in [1.29, 1.82) is 0 Å². The molecule has 0 unspecified atom stereocenters. The minimum atomic E-state index is -1.02. The maximum atomic E-state index is 12.6. The summed E-state index contributed by atoms with van der Waals surface area (Å²) in [5, 5.41) is 12.3. The Morgan fingerprint density at radius 3 is 2.43 bits per heavy atom. The van der Waals surface area contributed by atoms with Crippen molar-refractivity contribution in [2.75, 3.05) is 31.6 Å². The van der Waals surface area contributed by atoms with E-state index in [-0.39, 0.29) is 18.4 Å². The molecule has 6 nitrogen and oxygen atoms in total. The second-order valence-corrected chi connectivity index (χ2v) is 5.04. The molecule has 1 aliphatic heterocycles. The highest BCUT2D eigenvalue weighted by Crippen LogP contribution is 2.23. The average molecular weight is 292 g/mol. The number of carboxylic acids is 1. The van der Waals surface area contributed by atoms with Crippen LogP contribution >= 0.6 is 0 Å². The number of amides is 1. The van der Waals surface area contributed by atoms with Crippen LogP contribution in [0.3, 0.4) is 0 Å². The lowest BCUT2D eigenvalue weighted by atomic mass is 9.96. The Morgan fingerprint density at radius 2 is 1.90 bits per heavy atom. The maximum Gasteiger partial charge on any atom is 0.323 e. The van der Waals surface area contributed by atoms with Crippen molar-refractivity contribution in [3.63, 3.8) is 0 Å². The lowest BCUT2D eigenvalue weighted by Gasteiger charge is -2.28. The molecule has 2 rings (SSSR count). The van der Waals surface area contributed by atoms with Gasteiger partial charge in [-0.25, -0.2) is 0 Å². The minimum Gasteiger partial charge on any atom is -0.497 e. The van der Waals surface area contributed by atoms with Crippen molar-refractivity contribution in [2.45, 2.75) is 12.8 Å². The van der Waals surface area contributed by atoms with Crippen LogP contribution in [0.15, 0.2) is 24.3 Å². The molecule has 0 saturated carbocycles. The highest BCUT2D eigenvalue weighted by Gasteiger charge is 2.28. The molecule has 1 amide bonds. The number of ether oxygens (including phenoxy) is 1. The van der Waals surface area contributed by atoms with E-state index in [4.69, 9.17) is 9.84 Å². The standard InChI is InChI=1S/C15H20N2O4/c1-21-13-4-2-12(3-5-13)17(10-14(18)19)15(20)11-6-8-16-9-7-11/h2-5,11,16H,6-10H2,1H3,(H,18,19). The molecule has 0 spiro atoms. The van der Waals surface area contributed by atoms with E-state index in [2.05, 4.69) is 5.32 Å². The number of methoxy groups -OCH3 is 1. The predicted octanol–water partition coefficient (Wildman–Crippen LogP) is 1.11. The summed E-state index contributed by atoms with van der Waals surface area (Å²) in [7, 11) is 1.56. The molecule has 2 N–H and O–H groups in total. The minimum absolute atomic E-state index is 0.118. The number of carbonyl (C=O) groups is 2. The van der Waals surface area contributed by atoms with Crippen molar-refractivity contribution in [1.82, 2.24) is 5.32 Å². The van der Waals surface area contributed by atoms with E-state index < -0.39 is 5.97 Å². The zero-order valence-electron chi connectivity index (χ0n) is 12.0. The van der Waals surface area contributed by atoms with Gasteiger partial charge < -0.3 is 20.1 Å². The van der Waals surface area contributed by atoms with Gasteiger partial charge in [-0.05, 0) is 50.2 Å². The summed E-state index contributed by atoms with van der Waals surface area (Å²) in [5.74, 6) is -0.590.